The molecular weight excluding hydrogens is 438 g/mol. The first kappa shape index (κ1) is 22.4. The molecule has 0 aliphatic carbocycles. The maximum absolute atomic E-state index is 11.5. The molecule has 168 valence electrons. The Balaban J connectivity index is 1.56. The molecule has 3 N–H and O–H groups in total. The van der Waals surface area contributed by atoms with Crippen molar-refractivity contribution in [3.05, 3.63) is 96.4 Å². The number of benzene rings is 2. The lowest BCUT2D eigenvalue weighted by Crippen LogP contribution is -2.14. The zero-order chi connectivity index (χ0) is 23.4. The fraction of sp³-hybridized carbons (Fsp3) is 0.120. The number of aromatic nitrogens is 2. The van der Waals surface area contributed by atoms with Crippen LogP contribution < -0.4 is 5.14 Å². The second-order valence-corrected chi connectivity index (χ2v) is 9.28. The van der Waals surface area contributed by atoms with E-state index >= 15 is 0 Å². The van der Waals surface area contributed by atoms with E-state index in [0.29, 0.717) is 12.0 Å². The summed E-state index contributed by atoms with van der Waals surface area (Å²) in [7, 11) is -3.80. The van der Waals surface area contributed by atoms with E-state index in [1.807, 2.05) is 43.5 Å². The Morgan fingerprint density at radius 3 is 2.12 bits per heavy atom. The van der Waals surface area contributed by atoms with Crippen LogP contribution in [0.25, 0.3) is 22.4 Å². The molecule has 2 aromatic heterocycles. The zero-order valence-corrected chi connectivity index (χ0v) is 18.7. The summed E-state index contributed by atoms with van der Waals surface area (Å²) in [6.45, 7) is 2.35. The number of rotatable bonds is 8. The first-order valence-corrected chi connectivity index (χ1v) is 11.8. The van der Waals surface area contributed by atoms with Crippen LogP contribution in [0.1, 0.15) is 30.1 Å². The minimum Gasteiger partial charge on any atom is -0.459 e. The molecule has 0 aliphatic rings. The maximum atomic E-state index is 11.5. The summed E-state index contributed by atoms with van der Waals surface area (Å²) in [5.41, 5.74) is 5.78. The Labute approximate surface area is 192 Å². The Morgan fingerprint density at radius 1 is 0.909 bits per heavy atom. The number of carbonyl (C=O) groups is 1. The van der Waals surface area contributed by atoms with Crippen molar-refractivity contribution < 1.29 is 17.9 Å². The second-order valence-electron chi connectivity index (χ2n) is 7.72. The number of aromatic amines is 1. The number of H-pyrrole nitrogens is 1. The predicted octanol–water partition coefficient (Wildman–Crippen LogP) is 4.41. The highest BCUT2D eigenvalue weighted by atomic mass is 32.2. The lowest BCUT2D eigenvalue weighted by molar-refractivity contribution is -0.134. The Bertz CT molecular complexity index is 1330. The van der Waals surface area contributed by atoms with Crippen molar-refractivity contribution >= 4 is 16.5 Å². The molecule has 2 unspecified atom stereocenters. The molecule has 7 nitrogen and oxygen atoms in total. The molecule has 2 atom stereocenters. The Hall–Kier alpha value is -3.75. The van der Waals surface area contributed by atoms with Gasteiger partial charge in [0.1, 0.15) is 6.10 Å². The third-order valence-electron chi connectivity index (χ3n) is 5.63. The third kappa shape index (κ3) is 5.02. The van der Waals surface area contributed by atoms with Gasteiger partial charge in [0.05, 0.1) is 4.90 Å². The van der Waals surface area contributed by atoms with Gasteiger partial charge in [-0.25, -0.2) is 13.6 Å². The SMILES string of the molecule is CC(c1c[nH]c(-c2ccc(-c3ccncc3)cc2)c1)C(OC=O)c1ccc(S(N)(=O)=O)cc1. The highest BCUT2D eigenvalue weighted by molar-refractivity contribution is 7.89. The van der Waals surface area contributed by atoms with E-state index in [0.717, 1.165) is 27.9 Å². The van der Waals surface area contributed by atoms with Crippen LogP contribution in [0, 0.1) is 0 Å². The molecule has 0 bridgehead atoms. The molecule has 0 spiro atoms. The molecule has 33 heavy (non-hydrogen) atoms. The number of sulfonamides is 1. The van der Waals surface area contributed by atoms with E-state index in [9.17, 15) is 13.2 Å². The van der Waals surface area contributed by atoms with Gasteiger partial charge in [0.15, 0.2) is 0 Å². The van der Waals surface area contributed by atoms with E-state index in [4.69, 9.17) is 9.88 Å². The maximum Gasteiger partial charge on any atom is 0.293 e. The number of nitrogens with zero attached hydrogens (tertiary/aromatic N) is 1. The molecule has 0 aliphatic heterocycles. The van der Waals surface area contributed by atoms with Gasteiger partial charge in [-0.2, -0.15) is 0 Å². The molecule has 4 rings (SSSR count). The molecule has 2 aromatic carbocycles. The van der Waals surface area contributed by atoms with Gasteiger partial charge in [0.2, 0.25) is 10.0 Å². The lowest BCUT2D eigenvalue weighted by atomic mass is 9.92. The number of pyridine rings is 1. The smallest absolute Gasteiger partial charge is 0.293 e. The van der Waals surface area contributed by atoms with Crippen LogP contribution in [0.3, 0.4) is 0 Å². The van der Waals surface area contributed by atoms with Gasteiger partial charge in [-0.05, 0) is 58.1 Å². The fourth-order valence-corrected chi connectivity index (χ4v) is 4.31. The number of carbonyl (C=O) groups excluding carboxylic acids is 1. The Kier molecular flexibility index (Phi) is 6.39. The monoisotopic (exact) mass is 461 g/mol. The summed E-state index contributed by atoms with van der Waals surface area (Å²) < 4.78 is 28.4. The number of nitrogens with two attached hydrogens (primary N) is 1. The Morgan fingerprint density at radius 2 is 1.52 bits per heavy atom. The van der Waals surface area contributed by atoms with Gasteiger partial charge in [-0.15, -0.1) is 0 Å². The fourth-order valence-electron chi connectivity index (χ4n) is 3.79. The topological polar surface area (TPSA) is 115 Å². The molecule has 0 saturated carbocycles. The summed E-state index contributed by atoms with van der Waals surface area (Å²) in [5, 5.41) is 5.17. The standard InChI is InChI=1S/C25H23N3O4S/c1-17(25(32-16-29)21-6-8-23(9-7-21)33(26,30)31)22-14-24(28-15-22)20-4-2-18(3-5-20)19-10-12-27-13-11-19/h2-17,25,28H,1H3,(H2,26,30,31). The molecule has 0 radical (unpaired) electrons. The first-order valence-electron chi connectivity index (χ1n) is 10.3. The molecule has 2 heterocycles. The van der Waals surface area contributed by atoms with Gasteiger partial charge in [0, 0.05) is 30.2 Å². The van der Waals surface area contributed by atoms with Crippen molar-refractivity contribution in [2.75, 3.05) is 0 Å². The number of primary sulfonamides is 1. The average Bonchev–Trinajstić information content (AvgIpc) is 3.33. The van der Waals surface area contributed by atoms with Crippen molar-refractivity contribution in [3.8, 4) is 22.4 Å². The number of hydrogen-bond donors (Lipinski definition) is 2. The van der Waals surface area contributed by atoms with Crippen molar-refractivity contribution in [2.45, 2.75) is 23.8 Å². The molecule has 8 heteroatoms. The lowest BCUT2D eigenvalue weighted by Gasteiger charge is -2.22. The molecule has 4 aromatic rings. The first-order chi connectivity index (χ1) is 15.9. The minimum absolute atomic E-state index is 0.00268. The molecule has 0 fully saturated rings. The minimum atomic E-state index is -3.80. The zero-order valence-electron chi connectivity index (χ0n) is 17.9. The van der Waals surface area contributed by atoms with Crippen LogP contribution in [0.4, 0.5) is 0 Å². The third-order valence-corrected chi connectivity index (χ3v) is 6.56. The van der Waals surface area contributed by atoms with E-state index in [1.165, 1.54) is 12.1 Å². The van der Waals surface area contributed by atoms with Crippen LogP contribution in [-0.2, 0) is 19.6 Å². The van der Waals surface area contributed by atoms with Gasteiger partial charge in [-0.1, -0.05) is 43.3 Å². The van der Waals surface area contributed by atoms with Crippen LogP contribution in [-0.4, -0.2) is 24.9 Å². The van der Waals surface area contributed by atoms with Gasteiger partial charge in [-0.3, -0.25) is 9.78 Å². The number of ether oxygens (including phenoxy) is 1. The largest absolute Gasteiger partial charge is 0.459 e. The van der Waals surface area contributed by atoms with Gasteiger partial charge >= 0.3 is 0 Å². The van der Waals surface area contributed by atoms with E-state index in [2.05, 4.69) is 22.1 Å². The van der Waals surface area contributed by atoms with Crippen LogP contribution in [0.2, 0.25) is 0 Å². The summed E-state index contributed by atoms with van der Waals surface area (Å²) >= 11 is 0. The van der Waals surface area contributed by atoms with Crippen molar-refractivity contribution in [3.63, 3.8) is 0 Å². The van der Waals surface area contributed by atoms with Crippen LogP contribution in [0.15, 0.2) is 90.2 Å². The van der Waals surface area contributed by atoms with Crippen molar-refractivity contribution in [1.82, 2.24) is 9.97 Å². The highest BCUT2D eigenvalue weighted by Gasteiger charge is 2.24. The van der Waals surface area contributed by atoms with E-state index < -0.39 is 16.1 Å². The van der Waals surface area contributed by atoms with Crippen molar-refractivity contribution in [2.24, 2.45) is 5.14 Å². The van der Waals surface area contributed by atoms with E-state index in [-0.39, 0.29) is 10.8 Å². The quantitative estimate of drug-likeness (QED) is 0.377. The van der Waals surface area contributed by atoms with Crippen molar-refractivity contribution in [1.29, 1.82) is 0 Å². The predicted molar refractivity (Wildman–Crippen MR) is 126 cm³/mol. The average molecular weight is 462 g/mol. The highest BCUT2D eigenvalue weighted by Crippen LogP contribution is 2.35. The summed E-state index contributed by atoms with van der Waals surface area (Å²) in [5.74, 6) is -0.184. The molecular formula is C25H23N3O4S. The second kappa shape index (κ2) is 9.40. The number of nitrogens with one attached hydrogen (secondary N) is 1. The van der Waals surface area contributed by atoms with Crippen LogP contribution >= 0.6 is 0 Å². The van der Waals surface area contributed by atoms with E-state index in [1.54, 1.807) is 24.5 Å². The van der Waals surface area contributed by atoms with Crippen LogP contribution in [0.5, 0.6) is 0 Å². The molecule has 0 saturated heterocycles. The normalized spacial score (nSPS) is 13.3. The van der Waals surface area contributed by atoms with Gasteiger partial charge in [0.25, 0.3) is 6.47 Å². The summed E-state index contributed by atoms with van der Waals surface area (Å²) in [6.07, 6.45) is 4.83. The van der Waals surface area contributed by atoms with Gasteiger partial charge < -0.3 is 9.72 Å². The number of hydrogen-bond acceptors (Lipinski definition) is 5. The summed E-state index contributed by atoms with van der Waals surface area (Å²) in [6, 6.07) is 20.2. The summed E-state index contributed by atoms with van der Waals surface area (Å²) in [4.78, 5) is 18.5. The molecule has 0 amide bonds.